The van der Waals surface area contributed by atoms with Gasteiger partial charge in [-0.05, 0) is 42.7 Å². The quantitative estimate of drug-likeness (QED) is 0.767. The Kier molecular flexibility index (Phi) is 5.08. The van der Waals surface area contributed by atoms with Gasteiger partial charge >= 0.3 is 0 Å². The molecule has 0 saturated heterocycles. The Morgan fingerprint density at radius 2 is 1.96 bits per heavy atom. The number of hydrogen-bond acceptors (Lipinski definition) is 4. The van der Waals surface area contributed by atoms with E-state index in [1.807, 2.05) is 0 Å². The number of halogens is 1. The second kappa shape index (κ2) is 7.14. The average molecular weight is 378 g/mol. The van der Waals surface area contributed by atoms with Crippen LogP contribution >= 0.6 is 0 Å². The van der Waals surface area contributed by atoms with Gasteiger partial charge in [-0.25, -0.2) is 12.8 Å². The highest BCUT2D eigenvalue weighted by atomic mass is 32.2. The van der Waals surface area contributed by atoms with E-state index >= 15 is 0 Å². The molecule has 0 spiro atoms. The third-order valence-corrected chi connectivity index (χ3v) is 6.06. The molecule has 0 fully saturated rings. The summed E-state index contributed by atoms with van der Waals surface area (Å²) in [5.41, 5.74) is 1.21. The minimum absolute atomic E-state index is 0.0709. The summed E-state index contributed by atoms with van der Waals surface area (Å²) >= 11 is 0. The topological polar surface area (TPSA) is 66.9 Å². The highest BCUT2D eigenvalue weighted by molar-refractivity contribution is 7.89. The van der Waals surface area contributed by atoms with Crippen molar-refractivity contribution in [2.75, 3.05) is 25.6 Å². The first kappa shape index (κ1) is 18.5. The number of aryl methyl sites for hydroxylation is 1. The molecule has 0 atom stereocenters. The van der Waals surface area contributed by atoms with Gasteiger partial charge in [0.1, 0.15) is 5.82 Å². The van der Waals surface area contributed by atoms with Crippen molar-refractivity contribution in [3.05, 3.63) is 59.4 Å². The second-order valence-electron chi connectivity index (χ2n) is 5.93. The van der Waals surface area contributed by atoms with Crippen LogP contribution in [-0.2, 0) is 21.3 Å². The maximum atomic E-state index is 14.3. The van der Waals surface area contributed by atoms with Crippen molar-refractivity contribution in [2.45, 2.75) is 17.7 Å². The zero-order chi connectivity index (χ0) is 18.9. The lowest BCUT2D eigenvalue weighted by molar-refractivity contribution is -0.0258. The third kappa shape index (κ3) is 3.23. The minimum Gasteiger partial charge on any atom is -0.305 e. The van der Waals surface area contributed by atoms with E-state index in [-0.39, 0.29) is 16.1 Å². The number of rotatable bonds is 4. The van der Waals surface area contributed by atoms with Crippen LogP contribution in [0.3, 0.4) is 0 Å². The number of carbonyl (C=O) groups is 1. The van der Waals surface area contributed by atoms with Gasteiger partial charge in [-0.15, -0.1) is 0 Å². The van der Waals surface area contributed by atoms with Gasteiger partial charge in [-0.2, -0.15) is 0 Å². The predicted octanol–water partition coefficient (Wildman–Crippen LogP) is 2.60. The Bertz CT molecular complexity index is 946. The molecule has 8 heteroatoms. The summed E-state index contributed by atoms with van der Waals surface area (Å²) in [6, 6.07) is 10.4. The van der Waals surface area contributed by atoms with Crippen LogP contribution in [0.1, 0.15) is 22.3 Å². The number of benzene rings is 2. The van der Waals surface area contributed by atoms with Crippen LogP contribution in [0.15, 0.2) is 47.4 Å². The van der Waals surface area contributed by atoms with Crippen LogP contribution in [-0.4, -0.2) is 39.5 Å². The van der Waals surface area contributed by atoms with Gasteiger partial charge in [0.25, 0.3) is 15.9 Å². The molecule has 138 valence electrons. The summed E-state index contributed by atoms with van der Waals surface area (Å²) in [5.74, 6) is -0.897. The fraction of sp³-hybridized carbons (Fsp3) is 0.278. The Balaban J connectivity index is 2.00. The van der Waals surface area contributed by atoms with E-state index < -0.39 is 21.7 Å². The van der Waals surface area contributed by atoms with Crippen molar-refractivity contribution < 1.29 is 22.4 Å². The standard InChI is InChI=1S/C18H19FN2O4S/c1-20(25-2)26(23,24)15-9-3-7-14(12-15)18(22)21-11-5-8-13-6-4-10-16(19)17(13)21/h3-4,6-7,9-10,12H,5,8,11H2,1-2H3. The Hall–Kier alpha value is -2.29. The zero-order valence-corrected chi connectivity index (χ0v) is 15.3. The zero-order valence-electron chi connectivity index (χ0n) is 14.5. The molecule has 1 heterocycles. The Labute approximate surface area is 151 Å². The van der Waals surface area contributed by atoms with Gasteiger partial charge in [-0.1, -0.05) is 22.7 Å². The van der Waals surface area contributed by atoms with E-state index in [0.717, 1.165) is 5.56 Å². The van der Waals surface area contributed by atoms with Crippen LogP contribution < -0.4 is 4.90 Å². The molecule has 0 radical (unpaired) electrons. The van der Waals surface area contributed by atoms with Crippen LogP contribution in [0, 0.1) is 5.82 Å². The summed E-state index contributed by atoms with van der Waals surface area (Å²) in [6.45, 7) is 0.377. The number of fused-ring (bicyclic) bond motifs is 1. The molecule has 0 saturated carbocycles. The maximum absolute atomic E-state index is 14.3. The molecule has 0 aliphatic carbocycles. The number of anilines is 1. The van der Waals surface area contributed by atoms with Crippen molar-refractivity contribution in [1.82, 2.24) is 4.47 Å². The molecule has 26 heavy (non-hydrogen) atoms. The summed E-state index contributed by atoms with van der Waals surface area (Å²) in [4.78, 5) is 19.0. The largest absolute Gasteiger partial charge is 0.305 e. The third-order valence-electron chi connectivity index (χ3n) is 4.39. The summed E-state index contributed by atoms with van der Waals surface area (Å²) in [7, 11) is -1.38. The Morgan fingerprint density at radius 1 is 1.23 bits per heavy atom. The van der Waals surface area contributed by atoms with Gasteiger partial charge in [0, 0.05) is 19.2 Å². The lowest BCUT2D eigenvalue weighted by atomic mass is 10.0. The maximum Gasteiger partial charge on any atom is 0.264 e. The van der Waals surface area contributed by atoms with Gasteiger partial charge in [-0.3, -0.25) is 9.63 Å². The predicted molar refractivity (Wildman–Crippen MR) is 94.8 cm³/mol. The molecule has 0 unspecified atom stereocenters. The summed E-state index contributed by atoms with van der Waals surface area (Å²) < 4.78 is 39.8. The van der Waals surface area contributed by atoms with Crippen LogP contribution in [0.5, 0.6) is 0 Å². The van der Waals surface area contributed by atoms with Crippen molar-refractivity contribution in [3.8, 4) is 0 Å². The van der Waals surface area contributed by atoms with Gasteiger partial charge < -0.3 is 4.90 Å². The lowest BCUT2D eigenvalue weighted by Gasteiger charge is -2.30. The summed E-state index contributed by atoms with van der Waals surface area (Å²) in [6.07, 6.45) is 1.41. The number of sulfonamides is 1. The number of carbonyl (C=O) groups excluding carboxylic acids is 1. The molecule has 1 amide bonds. The molecule has 2 aromatic rings. The number of hydrogen-bond donors (Lipinski definition) is 0. The normalized spacial score (nSPS) is 14.4. The highest BCUT2D eigenvalue weighted by Crippen LogP contribution is 2.31. The van der Waals surface area contributed by atoms with E-state index in [1.165, 1.54) is 49.4 Å². The molecular formula is C18H19FN2O4S. The van der Waals surface area contributed by atoms with Crippen molar-refractivity contribution in [3.63, 3.8) is 0 Å². The molecule has 1 aliphatic rings. The van der Waals surface area contributed by atoms with E-state index in [4.69, 9.17) is 4.84 Å². The van der Waals surface area contributed by atoms with E-state index in [2.05, 4.69) is 0 Å². The van der Waals surface area contributed by atoms with Gasteiger partial charge in [0.2, 0.25) is 0 Å². The lowest BCUT2D eigenvalue weighted by Crippen LogP contribution is -2.36. The molecule has 0 aromatic heterocycles. The van der Waals surface area contributed by atoms with Crippen LogP contribution in [0.25, 0.3) is 0 Å². The smallest absolute Gasteiger partial charge is 0.264 e. The Morgan fingerprint density at radius 3 is 2.69 bits per heavy atom. The highest BCUT2D eigenvalue weighted by Gasteiger charge is 2.28. The number of hydroxylamine groups is 1. The first-order valence-electron chi connectivity index (χ1n) is 8.08. The molecule has 6 nitrogen and oxygen atoms in total. The van der Waals surface area contributed by atoms with Gasteiger partial charge in [0.15, 0.2) is 0 Å². The fourth-order valence-corrected chi connectivity index (χ4v) is 4.02. The van der Waals surface area contributed by atoms with Crippen molar-refractivity contribution in [1.29, 1.82) is 0 Å². The van der Waals surface area contributed by atoms with E-state index in [9.17, 15) is 17.6 Å². The molecular weight excluding hydrogens is 359 g/mol. The number of amides is 1. The number of nitrogens with zero attached hydrogens (tertiary/aromatic N) is 2. The fourth-order valence-electron chi connectivity index (χ4n) is 3.00. The van der Waals surface area contributed by atoms with Crippen molar-refractivity contribution >= 4 is 21.6 Å². The molecule has 1 aliphatic heterocycles. The molecule has 0 N–H and O–H groups in total. The van der Waals surface area contributed by atoms with E-state index in [1.54, 1.807) is 12.1 Å². The van der Waals surface area contributed by atoms with Crippen LogP contribution in [0.2, 0.25) is 0 Å². The van der Waals surface area contributed by atoms with E-state index in [0.29, 0.717) is 23.9 Å². The SMILES string of the molecule is CON(C)S(=O)(=O)c1cccc(C(=O)N2CCCc3cccc(F)c32)c1. The monoisotopic (exact) mass is 378 g/mol. The average Bonchev–Trinajstić information content (AvgIpc) is 2.66. The molecule has 3 rings (SSSR count). The molecule has 2 aromatic carbocycles. The molecule has 0 bridgehead atoms. The van der Waals surface area contributed by atoms with Crippen LogP contribution in [0.4, 0.5) is 10.1 Å². The van der Waals surface area contributed by atoms with Crippen molar-refractivity contribution in [2.24, 2.45) is 0 Å². The van der Waals surface area contributed by atoms with Gasteiger partial charge in [0.05, 0.1) is 17.7 Å². The summed E-state index contributed by atoms with van der Waals surface area (Å²) in [5, 5.41) is 0. The minimum atomic E-state index is -3.88. The first-order valence-corrected chi connectivity index (χ1v) is 9.52. The number of para-hydroxylation sites is 1. The second-order valence-corrected chi connectivity index (χ2v) is 7.87. The first-order chi connectivity index (χ1) is 12.4.